The van der Waals surface area contributed by atoms with Crippen LogP contribution in [0.4, 0.5) is 0 Å². The van der Waals surface area contributed by atoms with E-state index in [1.54, 1.807) is 0 Å². The van der Waals surface area contributed by atoms with Crippen LogP contribution in [0.3, 0.4) is 0 Å². The number of benzene rings is 1. The van der Waals surface area contributed by atoms with Crippen LogP contribution in [0.5, 0.6) is 0 Å². The lowest BCUT2D eigenvalue weighted by atomic mass is 10.2. The molecule has 1 aromatic carbocycles. The van der Waals surface area contributed by atoms with Crippen molar-refractivity contribution in [2.24, 2.45) is 0 Å². The molecule has 0 saturated carbocycles. The van der Waals surface area contributed by atoms with Gasteiger partial charge in [-0.2, -0.15) is 0 Å². The summed E-state index contributed by atoms with van der Waals surface area (Å²) in [6.07, 6.45) is 1.93. The molecule has 3 rings (SSSR count). The zero-order chi connectivity index (χ0) is 8.67. The van der Waals surface area contributed by atoms with Crippen LogP contribution in [0.15, 0.2) is 42.6 Å². The third kappa shape index (κ3) is 0.855. The van der Waals surface area contributed by atoms with E-state index >= 15 is 0 Å². The van der Waals surface area contributed by atoms with E-state index in [2.05, 4.69) is 16.0 Å². The smallest absolute Gasteiger partial charge is 0.0879 e. The highest BCUT2D eigenvalue weighted by Crippen LogP contribution is 2.27. The van der Waals surface area contributed by atoms with Crippen LogP contribution < -0.4 is 0 Å². The summed E-state index contributed by atoms with van der Waals surface area (Å²) in [4.78, 5) is 7.70. The molecule has 0 aliphatic carbocycles. The summed E-state index contributed by atoms with van der Waals surface area (Å²) in [6, 6.07) is 12.1. The molecule has 0 bridgehead atoms. The number of aromatic nitrogens is 2. The Balaban J connectivity index is 2.56. The molecule has 0 saturated heterocycles. The van der Waals surface area contributed by atoms with Gasteiger partial charge in [-0.25, -0.2) is 4.98 Å². The number of nitrogens with one attached hydrogen (secondary N) is 1. The summed E-state index contributed by atoms with van der Waals surface area (Å²) in [6.45, 7) is 0. The zero-order valence-corrected chi connectivity index (χ0v) is 6.99. The highest BCUT2D eigenvalue weighted by molar-refractivity contribution is 5.95. The normalized spacial score (nSPS) is 11.1. The van der Waals surface area contributed by atoms with E-state index in [9.17, 15) is 0 Å². The average Bonchev–Trinajstić information content (AvgIpc) is 2.56. The molecule has 0 aromatic heterocycles. The van der Waals surface area contributed by atoms with Crippen LogP contribution in [-0.4, -0.2) is 9.97 Å². The Bertz CT molecular complexity index is 525. The van der Waals surface area contributed by atoms with Gasteiger partial charge in [-0.05, 0) is 18.2 Å². The van der Waals surface area contributed by atoms with Crippen molar-refractivity contribution in [3.63, 3.8) is 0 Å². The van der Waals surface area contributed by atoms with E-state index in [4.69, 9.17) is 0 Å². The highest BCUT2D eigenvalue weighted by Gasteiger charge is 2.09. The molecule has 0 atom stereocenters. The number of fused-ring (bicyclic) bond motifs is 3. The van der Waals surface area contributed by atoms with Crippen LogP contribution >= 0.6 is 0 Å². The minimum Gasteiger partial charge on any atom is -0.359 e. The van der Waals surface area contributed by atoms with Gasteiger partial charge in [0.2, 0.25) is 0 Å². The Hall–Kier alpha value is -1.83. The Morgan fingerprint density at radius 1 is 1.00 bits per heavy atom. The Morgan fingerprint density at radius 3 is 2.92 bits per heavy atom. The SMILES string of the molecule is c1c[nH]c2c3ccccc3nc-2c1. The van der Waals surface area contributed by atoms with Gasteiger partial charge >= 0.3 is 0 Å². The van der Waals surface area contributed by atoms with Gasteiger partial charge in [0.1, 0.15) is 0 Å². The molecule has 2 heterocycles. The van der Waals surface area contributed by atoms with E-state index in [1.165, 1.54) is 5.39 Å². The van der Waals surface area contributed by atoms with Gasteiger partial charge < -0.3 is 4.98 Å². The van der Waals surface area contributed by atoms with E-state index in [0.717, 1.165) is 16.9 Å². The fourth-order valence-electron chi connectivity index (χ4n) is 1.65. The number of hydrogen-bond acceptors (Lipinski definition) is 1. The lowest BCUT2D eigenvalue weighted by molar-refractivity contribution is 1.31. The van der Waals surface area contributed by atoms with Gasteiger partial charge in [0, 0.05) is 11.6 Å². The van der Waals surface area contributed by atoms with Crippen LogP contribution in [0, 0.1) is 0 Å². The number of para-hydroxylation sites is 1. The fourth-order valence-corrected chi connectivity index (χ4v) is 1.65. The fraction of sp³-hybridized carbons (Fsp3) is 0. The second kappa shape index (κ2) is 2.33. The van der Waals surface area contributed by atoms with Gasteiger partial charge in [-0.1, -0.05) is 18.2 Å². The first-order valence-corrected chi connectivity index (χ1v) is 4.27. The molecule has 1 N–H and O–H groups in total. The maximum atomic E-state index is 4.48. The predicted octanol–water partition coefficient (Wildman–Crippen LogP) is 2.67. The molecule has 1 aromatic rings. The second-order valence-corrected chi connectivity index (χ2v) is 3.06. The van der Waals surface area contributed by atoms with Gasteiger partial charge in [0.25, 0.3) is 0 Å². The molecule has 0 spiro atoms. The van der Waals surface area contributed by atoms with Gasteiger partial charge in [-0.15, -0.1) is 0 Å². The Morgan fingerprint density at radius 2 is 1.92 bits per heavy atom. The number of hydrogen-bond donors (Lipinski definition) is 1. The zero-order valence-electron chi connectivity index (χ0n) is 6.99. The first-order chi connectivity index (χ1) is 6.45. The summed E-state index contributed by atoms with van der Waals surface area (Å²) in [7, 11) is 0. The summed E-state index contributed by atoms with van der Waals surface area (Å²) in [5, 5.41) is 1.19. The second-order valence-electron chi connectivity index (χ2n) is 3.06. The number of rotatable bonds is 0. The minimum absolute atomic E-state index is 1.03. The Labute approximate surface area is 75.6 Å². The van der Waals surface area contributed by atoms with Crippen molar-refractivity contribution in [1.29, 1.82) is 0 Å². The molecule has 0 fully saturated rings. The molecule has 2 heteroatoms. The Kier molecular flexibility index (Phi) is 1.19. The molecule has 2 aliphatic heterocycles. The quantitative estimate of drug-likeness (QED) is 0.549. The summed E-state index contributed by atoms with van der Waals surface area (Å²) >= 11 is 0. The predicted molar refractivity (Wildman–Crippen MR) is 52.7 cm³/mol. The standard InChI is InChI=1S/C11H8N2/c1-2-5-9-8(4-1)11-10(13-9)6-3-7-12-11/h1-7,12H. The van der Waals surface area contributed by atoms with Crippen molar-refractivity contribution in [2.45, 2.75) is 0 Å². The van der Waals surface area contributed by atoms with Crippen molar-refractivity contribution < 1.29 is 0 Å². The summed E-state index contributed by atoms with van der Waals surface area (Å²) < 4.78 is 0. The lowest BCUT2D eigenvalue weighted by Crippen LogP contribution is -1.78. The molecule has 0 amide bonds. The molecular formula is C11H8N2. The summed E-state index contributed by atoms with van der Waals surface area (Å²) in [5.74, 6) is 0. The van der Waals surface area contributed by atoms with Crippen molar-refractivity contribution >= 4 is 10.9 Å². The van der Waals surface area contributed by atoms with Gasteiger partial charge in [0.15, 0.2) is 0 Å². The topological polar surface area (TPSA) is 28.7 Å². The van der Waals surface area contributed by atoms with Crippen LogP contribution in [0.1, 0.15) is 0 Å². The van der Waals surface area contributed by atoms with Crippen molar-refractivity contribution in [3.8, 4) is 11.4 Å². The van der Waals surface area contributed by atoms with Gasteiger partial charge in [-0.3, -0.25) is 0 Å². The van der Waals surface area contributed by atoms with E-state index < -0.39 is 0 Å². The third-order valence-electron chi connectivity index (χ3n) is 2.25. The molecule has 2 nitrogen and oxygen atoms in total. The van der Waals surface area contributed by atoms with Crippen molar-refractivity contribution in [1.82, 2.24) is 9.97 Å². The molecule has 0 radical (unpaired) electrons. The summed E-state index contributed by atoms with van der Waals surface area (Å²) in [5.41, 5.74) is 3.21. The van der Waals surface area contributed by atoms with E-state index in [1.807, 2.05) is 36.5 Å². The maximum absolute atomic E-state index is 4.48. The highest BCUT2D eigenvalue weighted by atomic mass is 14.8. The minimum atomic E-state index is 1.03. The lowest BCUT2D eigenvalue weighted by Gasteiger charge is -1.94. The monoisotopic (exact) mass is 168 g/mol. The first kappa shape index (κ1) is 6.66. The number of aromatic amines is 1. The molecule has 62 valence electrons. The molecule has 0 unspecified atom stereocenters. The number of nitrogens with zero attached hydrogens (tertiary/aromatic N) is 1. The van der Waals surface area contributed by atoms with E-state index in [-0.39, 0.29) is 0 Å². The van der Waals surface area contributed by atoms with Crippen LogP contribution in [0.2, 0.25) is 0 Å². The molecule has 13 heavy (non-hydrogen) atoms. The van der Waals surface area contributed by atoms with Crippen LogP contribution in [0.25, 0.3) is 22.3 Å². The first-order valence-electron chi connectivity index (χ1n) is 4.27. The maximum Gasteiger partial charge on any atom is 0.0879 e. The van der Waals surface area contributed by atoms with E-state index in [0.29, 0.717) is 0 Å². The van der Waals surface area contributed by atoms with Crippen molar-refractivity contribution in [2.75, 3.05) is 0 Å². The molecule has 2 aliphatic rings. The van der Waals surface area contributed by atoms with Gasteiger partial charge in [0.05, 0.1) is 16.9 Å². The number of H-pyrrole nitrogens is 1. The third-order valence-corrected chi connectivity index (χ3v) is 2.25. The average molecular weight is 168 g/mol. The van der Waals surface area contributed by atoms with Crippen LogP contribution in [-0.2, 0) is 0 Å². The largest absolute Gasteiger partial charge is 0.359 e. The van der Waals surface area contributed by atoms with Crippen molar-refractivity contribution in [3.05, 3.63) is 42.6 Å². The number of pyridine rings is 1. The molecular weight excluding hydrogens is 160 g/mol.